The summed E-state index contributed by atoms with van der Waals surface area (Å²) in [6.07, 6.45) is 2.78. The summed E-state index contributed by atoms with van der Waals surface area (Å²) in [7, 11) is 3.19. The summed E-state index contributed by atoms with van der Waals surface area (Å²) >= 11 is 0. The highest BCUT2D eigenvalue weighted by atomic mass is 16.5. The molecule has 3 fully saturated rings. The van der Waals surface area contributed by atoms with Crippen LogP contribution in [0.25, 0.3) is 0 Å². The second-order valence-electron chi connectivity index (χ2n) is 6.13. The van der Waals surface area contributed by atoms with Crippen LogP contribution in [0.2, 0.25) is 0 Å². The van der Waals surface area contributed by atoms with Gasteiger partial charge < -0.3 is 15.2 Å². The van der Waals surface area contributed by atoms with E-state index in [-0.39, 0.29) is 12.0 Å². The number of carbonyl (C=O) groups excluding carboxylic acids is 1. The van der Waals surface area contributed by atoms with Gasteiger partial charge in [-0.15, -0.1) is 0 Å². The fourth-order valence-electron chi connectivity index (χ4n) is 4.16. The van der Waals surface area contributed by atoms with Gasteiger partial charge in [0.1, 0.15) is 5.78 Å². The number of nitrogens with two attached hydrogens (primary N) is 1. The lowest BCUT2D eigenvalue weighted by Gasteiger charge is -2.50. The minimum Gasteiger partial charge on any atom is -0.493 e. The molecule has 0 amide bonds. The standard InChI is InChI=1S/C17H24N2O3/c1-4-19-11-5-6-12(14(20)9-11)16(19)10-7-13(18)17(22-3)15(8-10)21-2/h7-8,11-12,16H,4-6,9,18H2,1-3H3. The van der Waals surface area contributed by atoms with E-state index in [1.807, 2.05) is 12.1 Å². The highest BCUT2D eigenvalue weighted by molar-refractivity contribution is 5.84. The number of rotatable bonds is 4. The number of Topliss-reactive ketones (excluding diaryl/α,β-unsaturated/α-hetero) is 1. The van der Waals surface area contributed by atoms with Crippen molar-refractivity contribution in [3.8, 4) is 11.5 Å². The molecule has 1 aromatic carbocycles. The molecule has 0 aromatic heterocycles. The van der Waals surface area contributed by atoms with E-state index in [4.69, 9.17) is 15.2 Å². The van der Waals surface area contributed by atoms with Gasteiger partial charge in [-0.05, 0) is 37.1 Å². The molecule has 2 N–H and O–H groups in total. The molecular weight excluding hydrogens is 280 g/mol. The smallest absolute Gasteiger partial charge is 0.183 e. The van der Waals surface area contributed by atoms with Crippen molar-refractivity contribution >= 4 is 11.5 Å². The summed E-state index contributed by atoms with van der Waals surface area (Å²) < 4.78 is 10.7. The number of benzene rings is 1. The monoisotopic (exact) mass is 304 g/mol. The summed E-state index contributed by atoms with van der Waals surface area (Å²) in [5, 5.41) is 0. The van der Waals surface area contributed by atoms with Crippen LogP contribution in [0.4, 0.5) is 5.69 Å². The number of nitrogen functional groups attached to an aromatic ring is 1. The van der Waals surface area contributed by atoms with Gasteiger partial charge in [-0.25, -0.2) is 0 Å². The highest BCUT2D eigenvalue weighted by Gasteiger charge is 2.46. The number of fused-ring (bicyclic) bond motifs is 3. The van der Waals surface area contributed by atoms with E-state index in [0.717, 1.165) is 24.9 Å². The van der Waals surface area contributed by atoms with Gasteiger partial charge >= 0.3 is 0 Å². The van der Waals surface area contributed by atoms with E-state index in [0.29, 0.717) is 35.4 Å². The first-order valence-corrected chi connectivity index (χ1v) is 7.90. The van der Waals surface area contributed by atoms with Gasteiger partial charge in [0.2, 0.25) is 0 Å². The van der Waals surface area contributed by atoms with Crippen molar-refractivity contribution in [3.63, 3.8) is 0 Å². The van der Waals surface area contributed by atoms with Gasteiger partial charge in [-0.1, -0.05) is 6.92 Å². The zero-order valence-corrected chi connectivity index (χ0v) is 13.5. The van der Waals surface area contributed by atoms with Crippen LogP contribution < -0.4 is 15.2 Å². The van der Waals surface area contributed by atoms with E-state index in [1.54, 1.807) is 14.2 Å². The van der Waals surface area contributed by atoms with Crippen LogP contribution in [-0.2, 0) is 4.79 Å². The Labute approximate surface area is 131 Å². The quantitative estimate of drug-likeness (QED) is 0.865. The number of methoxy groups -OCH3 is 2. The molecule has 120 valence electrons. The number of ether oxygens (including phenoxy) is 2. The Morgan fingerprint density at radius 2 is 2.05 bits per heavy atom. The average Bonchev–Trinajstić information content (AvgIpc) is 2.53. The molecular formula is C17H24N2O3. The third kappa shape index (κ3) is 2.24. The maximum atomic E-state index is 12.3. The Balaban J connectivity index is 2.05. The van der Waals surface area contributed by atoms with Crippen LogP contribution in [0.3, 0.4) is 0 Å². The lowest BCUT2D eigenvalue weighted by Crippen LogP contribution is -2.54. The Bertz CT molecular complexity index is 588. The molecule has 1 saturated carbocycles. The van der Waals surface area contributed by atoms with Crippen LogP contribution >= 0.6 is 0 Å². The largest absolute Gasteiger partial charge is 0.493 e. The Morgan fingerprint density at radius 1 is 1.27 bits per heavy atom. The predicted molar refractivity (Wildman–Crippen MR) is 85.2 cm³/mol. The molecule has 0 radical (unpaired) electrons. The average molecular weight is 304 g/mol. The summed E-state index contributed by atoms with van der Waals surface area (Å²) in [5.74, 6) is 1.64. The SMILES string of the molecule is CCN1C2CCC(C(=O)C2)C1c1cc(N)c(OC)c(OC)c1. The van der Waals surface area contributed by atoms with Crippen molar-refractivity contribution in [2.45, 2.75) is 38.3 Å². The van der Waals surface area contributed by atoms with Gasteiger partial charge in [0, 0.05) is 24.4 Å². The zero-order valence-electron chi connectivity index (χ0n) is 13.5. The van der Waals surface area contributed by atoms with Gasteiger partial charge in [-0.3, -0.25) is 9.69 Å². The molecule has 2 bridgehead atoms. The van der Waals surface area contributed by atoms with E-state index in [9.17, 15) is 4.79 Å². The molecule has 2 aliphatic heterocycles. The number of piperidine rings is 2. The number of carbonyl (C=O) groups is 1. The van der Waals surface area contributed by atoms with Crippen molar-refractivity contribution in [2.24, 2.45) is 5.92 Å². The van der Waals surface area contributed by atoms with Gasteiger partial charge in [-0.2, -0.15) is 0 Å². The third-order valence-corrected chi connectivity index (χ3v) is 5.11. The van der Waals surface area contributed by atoms with E-state index in [2.05, 4.69) is 11.8 Å². The summed E-state index contributed by atoms with van der Waals surface area (Å²) in [4.78, 5) is 14.8. The number of hydrogen-bond donors (Lipinski definition) is 1. The summed E-state index contributed by atoms with van der Waals surface area (Å²) in [5.41, 5.74) is 7.74. The molecule has 1 aromatic rings. The first-order valence-electron chi connectivity index (χ1n) is 7.90. The molecule has 2 saturated heterocycles. The van der Waals surface area contributed by atoms with Gasteiger partial charge in [0.15, 0.2) is 11.5 Å². The van der Waals surface area contributed by atoms with Crippen LogP contribution in [0.5, 0.6) is 11.5 Å². The molecule has 0 spiro atoms. The normalized spacial score (nSPS) is 28.0. The molecule has 3 aliphatic rings. The Kier molecular flexibility index (Phi) is 4.00. The lowest BCUT2D eigenvalue weighted by atomic mass is 9.71. The lowest BCUT2D eigenvalue weighted by molar-refractivity contribution is -0.137. The van der Waals surface area contributed by atoms with Crippen molar-refractivity contribution in [2.75, 3.05) is 26.5 Å². The molecule has 5 nitrogen and oxygen atoms in total. The number of nitrogens with zero attached hydrogens (tertiary/aromatic N) is 1. The van der Waals surface area contributed by atoms with E-state index >= 15 is 0 Å². The van der Waals surface area contributed by atoms with Gasteiger partial charge in [0.25, 0.3) is 0 Å². The maximum absolute atomic E-state index is 12.3. The molecule has 22 heavy (non-hydrogen) atoms. The number of anilines is 1. The van der Waals surface area contributed by atoms with Crippen molar-refractivity contribution in [3.05, 3.63) is 17.7 Å². The fraction of sp³-hybridized carbons (Fsp3) is 0.588. The topological polar surface area (TPSA) is 64.8 Å². The van der Waals surface area contributed by atoms with Crippen molar-refractivity contribution in [1.82, 2.24) is 4.90 Å². The molecule has 3 unspecified atom stereocenters. The van der Waals surface area contributed by atoms with Crippen LogP contribution in [-0.4, -0.2) is 37.5 Å². The third-order valence-electron chi connectivity index (χ3n) is 5.11. The Hall–Kier alpha value is -1.75. The minimum absolute atomic E-state index is 0.0717. The van der Waals surface area contributed by atoms with Crippen molar-refractivity contribution in [1.29, 1.82) is 0 Å². The maximum Gasteiger partial charge on any atom is 0.183 e. The summed E-state index contributed by atoms with van der Waals surface area (Å²) in [6.45, 7) is 3.09. The first kappa shape index (κ1) is 15.2. The van der Waals surface area contributed by atoms with Crippen molar-refractivity contribution < 1.29 is 14.3 Å². The minimum atomic E-state index is 0.0717. The predicted octanol–water partition coefficient (Wildman–Crippen LogP) is 2.40. The van der Waals surface area contributed by atoms with Crippen LogP contribution in [0.15, 0.2) is 12.1 Å². The molecule has 4 rings (SSSR count). The zero-order chi connectivity index (χ0) is 15.9. The molecule has 3 atom stereocenters. The molecule has 5 heteroatoms. The van der Waals surface area contributed by atoms with Crippen LogP contribution in [0.1, 0.15) is 37.8 Å². The van der Waals surface area contributed by atoms with Crippen LogP contribution in [0, 0.1) is 5.92 Å². The Morgan fingerprint density at radius 3 is 2.64 bits per heavy atom. The molecule has 1 aliphatic carbocycles. The second-order valence-corrected chi connectivity index (χ2v) is 6.13. The van der Waals surface area contributed by atoms with E-state index < -0.39 is 0 Å². The number of ketones is 1. The first-order chi connectivity index (χ1) is 10.6. The van der Waals surface area contributed by atoms with Gasteiger partial charge in [0.05, 0.1) is 19.9 Å². The molecule has 2 heterocycles. The number of hydrogen-bond acceptors (Lipinski definition) is 5. The second kappa shape index (κ2) is 5.80. The highest BCUT2D eigenvalue weighted by Crippen LogP contribution is 2.47. The van der Waals surface area contributed by atoms with E-state index in [1.165, 1.54) is 0 Å². The summed E-state index contributed by atoms with van der Waals surface area (Å²) in [6, 6.07) is 4.37. The fourth-order valence-corrected chi connectivity index (χ4v) is 4.16.